The molecule has 0 rings (SSSR count). The van der Waals surface area contributed by atoms with Gasteiger partial charge in [-0.25, -0.2) is 0 Å². The van der Waals surface area contributed by atoms with Gasteiger partial charge in [0, 0.05) is 19.5 Å². The molecule has 0 saturated carbocycles. The van der Waals surface area contributed by atoms with E-state index in [4.69, 9.17) is 10.8 Å². The smallest absolute Gasteiger partial charge is 0 e. The van der Waals surface area contributed by atoms with E-state index < -0.39 is 12.0 Å². The quantitative estimate of drug-likeness (QED) is 0.698. The molecular weight excluding hydrogens is 250 g/mol. The Bertz CT molecular complexity index is 102. The van der Waals surface area contributed by atoms with Gasteiger partial charge in [-0.05, 0) is 0 Å². The summed E-state index contributed by atoms with van der Waals surface area (Å²) in [5.74, 6) is 1.18. The Balaban J connectivity index is 0. The van der Waals surface area contributed by atoms with Crippen LogP contribution in [0, 0.1) is 0 Å². The Labute approximate surface area is 79.7 Å². The van der Waals surface area contributed by atoms with Crippen molar-refractivity contribution in [1.82, 2.24) is 0 Å². The minimum Gasteiger partial charge on any atom is 0 e. The van der Waals surface area contributed by atoms with Crippen LogP contribution >= 0.6 is 0 Å². The van der Waals surface area contributed by atoms with Crippen molar-refractivity contribution >= 4 is 20.9 Å². The van der Waals surface area contributed by atoms with Gasteiger partial charge < -0.3 is 0 Å². The van der Waals surface area contributed by atoms with E-state index in [0.29, 0.717) is 21.4 Å². The van der Waals surface area contributed by atoms with Gasteiger partial charge in [-0.15, -0.1) is 0 Å². The molecule has 3 N–H and O–H groups in total. The maximum absolute atomic E-state index is 10.1. The van der Waals surface area contributed by atoms with Crippen LogP contribution in [0.5, 0.6) is 0 Å². The second kappa shape index (κ2) is 7.68. The normalized spacial score (nSPS) is 11.8. The summed E-state index contributed by atoms with van der Waals surface area (Å²) in [5.41, 5.74) is 5.21. The van der Waals surface area contributed by atoms with Crippen LogP contribution < -0.4 is 5.73 Å². The van der Waals surface area contributed by atoms with E-state index in [1.807, 2.05) is 0 Å². The first kappa shape index (κ1) is 13.2. The van der Waals surface area contributed by atoms with Crippen molar-refractivity contribution in [1.29, 1.82) is 0 Å². The van der Waals surface area contributed by atoms with Gasteiger partial charge in [0.1, 0.15) is 0 Å². The first-order chi connectivity index (χ1) is 4.18. The average Bonchev–Trinajstić information content (AvgIpc) is 1.82. The van der Waals surface area contributed by atoms with E-state index >= 15 is 0 Å². The van der Waals surface area contributed by atoms with Gasteiger partial charge in [-0.3, -0.25) is 0 Å². The Morgan fingerprint density at radius 1 is 1.80 bits per heavy atom. The van der Waals surface area contributed by atoms with Gasteiger partial charge in [0.15, 0.2) is 0 Å². The molecule has 0 spiro atoms. The van der Waals surface area contributed by atoms with Crippen LogP contribution in [0.4, 0.5) is 0 Å². The van der Waals surface area contributed by atoms with Gasteiger partial charge in [0.2, 0.25) is 0 Å². The van der Waals surface area contributed by atoms with Gasteiger partial charge in [-0.1, -0.05) is 0 Å². The van der Waals surface area contributed by atoms with E-state index in [0.717, 1.165) is 5.32 Å². The summed E-state index contributed by atoms with van der Waals surface area (Å²) in [6.07, 6.45) is 0.617. The minimum atomic E-state index is -0.890. The molecule has 0 aromatic carbocycles. The molecule has 0 radical (unpaired) electrons. The molecule has 0 saturated heterocycles. The predicted molar refractivity (Wildman–Crippen MR) is 36.7 cm³/mol. The third kappa shape index (κ3) is 6.69. The van der Waals surface area contributed by atoms with Crippen molar-refractivity contribution in [2.75, 3.05) is 0 Å². The van der Waals surface area contributed by atoms with E-state index in [1.54, 1.807) is 0 Å². The summed E-state index contributed by atoms with van der Waals surface area (Å²) >= 11 is 0.549. The summed E-state index contributed by atoms with van der Waals surface area (Å²) in [5, 5.41) is 9.25. The first-order valence-corrected chi connectivity index (χ1v) is 5.58. The van der Waals surface area contributed by atoms with Crippen molar-refractivity contribution in [2.24, 2.45) is 5.73 Å². The Morgan fingerprint density at radius 2 is 2.30 bits per heavy atom. The van der Waals surface area contributed by atoms with Crippen molar-refractivity contribution in [3.8, 4) is 0 Å². The molecule has 0 amide bonds. The van der Waals surface area contributed by atoms with Crippen molar-refractivity contribution in [3.05, 3.63) is 0 Å². The summed E-state index contributed by atoms with van der Waals surface area (Å²) < 4.78 is 0. The van der Waals surface area contributed by atoms with Gasteiger partial charge in [0.25, 0.3) is 0 Å². The molecule has 0 aliphatic heterocycles. The van der Waals surface area contributed by atoms with E-state index in [-0.39, 0.29) is 19.5 Å². The number of hydrogen-bond acceptors (Lipinski definition) is 2. The third-order valence-corrected chi connectivity index (χ3v) is 2.30. The maximum Gasteiger partial charge on any atom is 0 e. The second-order valence-electron chi connectivity index (χ2n) is 1.73. The number of carboxylic acid groups (broad SMARTS) is 1. The molecule has 1 unspecified atom stereocenters. The Hall–Kier alpha value is 0.573. The zero-order chi connectivity index (χ0) is 7.28. The molecule has 0 aliphatic carbocycles. The van der Waals surface area contributed by atoms with E-state index in [2.05, 4.69) is 5.82 Å². The second-order valence-corrected chi connectivity index (χ2v) is 3.79. The zero-order valence-electron chi connectivity index (χ0n) is 6.04. The maximum atomic E-state index is 10.1. The van der Waals surface area contributed by atoms with Crippen LogP contribution in [0.25, 0.3) is 0 Å². The monoisotopic (exact) mass is 261 g/mol. The van der Waals surface area contributed by atoms with Crippen LogP contribution in [0.15, 0.2) is 0 Å². The number of nitrogens with two attached hydrogens (primary N) is 1. The number of aliphatic carboxylic acids is 1. The van der Waals surface area contributed by atoms with Crippen LogP contribution in [0.3, 0.4) is 0 Å². The van der Waals surface area contributed by atoms with Crippen molar-refractivity contribution in [2.45, 2.75) is 23.6 Å². The Kier molecular flexibility index (Phi) is 10.1. The standard InChI is InChI=1S/C5H11NO2Se.Zn/c1-9-3-2-4(6)5(7)8;/h4H,2-3,6H2,1H3,(H,7,8);. The molecule has 0 heterocycles. The predicted octanol–water partition coefficient (Wildman–Crippen LogP) is -0.0435. The van der Waals surface area contributed by atoms with E-state index in [9.17, 15) is 4.79 Å². The molecule has 56 valence electrons. The SMILES string of the molecule is C[Se]CCC(N)C(=O)O.[Zn]. The molecule has 0 aromatic heterocycles. The zero-order valence-corrected chi connectivity index (χ0v) is 10.7. The summed E-state index contributed by atoms with van der Waals surface area (Å²) in [6.45, 7) is 0. The Morgan fingerprint density at radius 3 is 2.60 bits per heavy atom. The van der Waals surface area contributed by atoms with E-state index in [1.165, 1.54) is 0 Å². The van der Waals surface area contributed by atoms with Crippen LogP contribution in [0.1, 0.15) is 6.42 Å². The average molecular weight is 261 g/mol. The molecule has 3 nitrogen and oxygen atoms in total. The minimum absolute atomic E-state index is 0. The molecule has 10 heavy (non-hydrogen) atoms. The molecule has 5 heteroatoms. The molecular formula is C5H11NO2SeZn. The molecule has 0 fully saturated rings. The van der Waals surface area contributed by atoms with Crippen LogP contribution in [-0.4, -0.2) is 32.1 Å². The summed E-state index contributed by atoms with van der Waals surface area (Å²) in [6, 6.07) is -0.646. The fourth-order valence-electron chi connectivity index (χ4n) is 0.368. The van der Waals surface area contributed by atoms with Crippen LogP contribution in [0.2, 0.25) is 11.1 Å². The van der Waals surface area contributed by atoms with Crippen molar-refractivity contribution < 1.29 is 29.4 Å². The fraction of sp³-hybridized carbons (Fsp3) is 0.800. The van der Waals surface area contributed by atoms with Gasteiger partial charge >= 0.3 is 60.2 Å². The topological polar surface area (TPSA) is 63.3 Å². The number of hydrogen-bond donors (Lipinski definition) is 2. The van der Waals surface area contributed by atoms with Gasteiger partial charge in [0.05, 0.1) is 0 Å². The molecule has 0 bridgehead atoms. The fourth-order valence-corrected chi connectivity index (χ4v) is 1.40. The number of carboxylic acids is 1. The largest absolute Gasteiger partial charge is 0 e. The summed E-state index contributed by atoms with van der Waals surface area (Å²) in [7, 11) is 0. The number of rotatable bonds is 4. The molecule has 0 aromatic rings. The van der Waals surface area contributed by atoms with Gasteiger partial charge in [-0.2, -0.15) is 0 Å². The molecule has 1 atom stereocenters. The third-order valence-electron chi connectivity index (χ3n) is 0.950. The van der Waals surface area contributed by atoms with Crippen molar-refractivity contribution in [3.63, 3.8) is 0 Å². The molecule has 0 aliphatic rings. The first-order valence-electron chi connectivity index (χ1n) is 2.65. The summed E-state index contributed by atoms with van der Waals surface area (Å²) in [4.78, 5) is 10.1. The van der Waals surface area contributed by atoms with Crippen LogP contribution in [-0.2, 0) is 24.3 Å². The number of carbonyl (C=O) groups is 1.